The summed E-state index contributed by atoms with van der Waals surface area (Å²) in [6.45, 7) is 2.11. The Morgan fingerprint density at radius 2 is 1.47 bits per heavy atom. The van der Waals surface area contributed by atoms with Gasteiger partial charge in [0.15, 0.2) is 0 Å². The van der Waals surface area contributed by atoms with Crippen molar-refractivity contribution in [3.63, 3.8) is 0 Å². The molecule has 2 rings (SSSR count). The van der Waals surface area contributed by atoms with E-state index in [1.807, 2.05) is 6.07 Å². The Balaban J connectivity index is 1.85. The van der Waals surface area contributed by atoms with E-state index >= 15 is 0 Å². The largest absolute Gasteiger partial charge is 0.396 e. The third-order valence-corrected chi connectivity index (χ3v) is 3.16. The molecule has 100 valence electrons. The van der Waals surface area contributed by atoms with Crippen molar-refractivity contribution in [2.45, 2.75) is 12.8 Å². The van der Waals surface area contributed by atoms with Crippen LogP contribution in [0.5, 0.6) is 0 Å². The molecule has 2 aromatic carbocycles. The number of aliphatic hydroxyl groups excluding tert-OH is 1. The first-order valence-corrected chi connectivity index (χ1v) is 6.86. The molecule has 2 nitrogen and oxygen atoms in total. The highest BCUT2D eigenvalue weighted by Crippen LogP contribution is 2.19. The molecular formula is C17H21NO. The fourth-order valence-electron chi connectivity index (χ4n) is 2.06. The highest BCUT2D eigenvalue weighted by molar-refractivity contribution is 5.63. The summed E-state index contributed by atoms with van der Waals surface area (Å²) < 4.78 is 0. The van der Waals surface area contributed by atoms with Crippen LogP contribution in [0.25, 0.3) is 11.1 Å². The second kappa shape index (κ2) is 7.72. The molecule has 2 N–H and O–H groups in total. The summed E-state index contributed by atoms with van der Waals surface area (Å²) in [4.78, 5) is 0. The van der Waals surface area contributed by atoms with E-state index < -0.39 is 0 Å². The lowest BCUT2D eigenvalue weighted by atomic mass is 10.0. The van der Waals surface area contributed by atoms with Crippen molar-refractivity contribution >= 4 is 0 Å². The van der Waals surface area contributed by atoms with Crippen LogP contribution in [0.3, 0.4) is 0 Å². The lowest BCUT2D eigenvalue weighted by Crippen LogP contribution is -2.19. The zero-order chi connectivity index (χ0) is 13.3. The van der Waals surface area contributed by atoms with E-state index in [1.165, 1.54) is 16.7 Å². The highest BCUT2D eigenvalue weighted by atomic mass is 16.3. The monoisotopic (exact) mass is 255 g/mol. The molecule has 0 aliphatic rings. The van der Waals surface area contributed by atoms with Crippen molar-refractivity contribution in [3.8, 4) is 11.1 Å². The summed E-state index contributed by atoms with van der Waals surface area (Å²) in [6, 6.07) is 19.2. The predicted molar refractivity (Wildman–Crippen MR) is 80.2 cm³/mol. The Labute approximate surface area is 115 Å². The third kappa shape index (κ3) is 4.51. The molecule has 0 heterocycles. The van der Waals surface area contributed by atoms with Crippen LogP contribution in [0.15, 0.2) is 54.6 Å². The minimum atomic E-state index is 0.263. The Kier molecular flexibility index (Phi) is 5.60. The Morgan fingerprint density at radius 3 is 2.16 bits per heavy atom. The van der Waals surface area contributed by atoms with E-state index in [9.17, 15) is 0 Å². The average Bonchev–Trinajstić information content (AvgIpc) is 2.49. The number of benzene rings is 2. The molecule has 0 bridgehead atoms. The van der Waals surface area contributed by atoms with E-state index in [0.717, 1.165) is 25.9 Å². The van der Waals surface area contributed by atoms with Gasteiger partial charge in [0, 0.05) is 6.61 Å². The summed E-state index contributed by atoms with van der Waals surface area (Å²) in [5.41, 5.74) is 3.86. The predicted octanol–water partition coefficient (Wildman–Crippen LogP) is 2.87. The third-order valence-electron chi connectivity index (χ3n) is 3.16. The maximum atomic E-state index is 8.68. The van der Waals surface area contributed by atoms with Crippen molar-refractivity contribution in [1.29, 1.82) is 0 Å². The topological polar surface area (TPSA) is 32.3 Å². The van der Waals surface area contributed by atoms with Gasteiger partial charge in [0.25, 0.3) is 0 Å². The van der Waals surface area contributed by atoms with Crippen molar-refractivity contribution < 1.29 is 5.11 Å². The van der Waals surface area contributed by atoms with Crippen molar-refractivity contribution in [3.05, 3.63) is 60.2 Å². The molecule has 0 radical (unpaired) electrons. The Bertz CT molecular complexity index is 464. The lowest BCUT2D eigenvalue weighted by Gasteiger charge is -2.06. The molecule has 0 amide bonds. The van der Waals surface area contributed by atoms with Gasteiger partial charge in [0.05, 0.1) is 0 Å². The number of hydrogen-bond donors (Lipinski definition) is 2. The van der Waals surface area contributed by atoms with Crippen molar-refractivity contribution in [2.24, 2.45) is 0 Å². The maximum Gasteiger partial charge on any atom is 0.0443 e. The fourth-order valence-corrected chi connectivity index (χ4v) is 2.06. The van der Waals surface area contributed by atoms with Gasteiger partial charge in [0.2, 0.25) is 0 Å². The maximum absolute atomic E-state index is 8.68. The van der Waals surface area contributed by atoms with Gasteiger partial charge in [-0.3, -0.25) is 0 Å². The van der Waals surface area contributed by atoms with E-state index in [4.69, 9.17) is 5.11 Å². The molecule has 2 aromatic rings. The van der Waals surface area contributed by atoms with Gasteiger partial charge in [-0.05, 0) is 42.6 Å². The lowest BCUT2D eigenvalue weighted by molar-refractivity contribution is 0.286. The first kappa shape index (κ1) is 13.8. The Hall–Kier alpha value is -1.64. The Morgan fingerprint density at radius 1 is 0.789 bits per heavy atom. The average molecular weight is 255 g/mol. The van der Waals surface area contributed by atoms with Crippen LogP contribution in [0.1, 0.15) is 12.0 Å². The van der Waals surface area contributed by atoms with Crippen molar-refractivity contribution in [1.82, 2.24) is 5.32 Å². The summed E-state index contributed by atoms with van der Waals surface area (Å²) in [5.74, 6) is 0. The summed E-state index contributed by atoms with van der Waals surface area (Å²) in [5, 5.41) is 12.0. The second-order valence-corrected chi connectivity index (χ2v) is 4.64. The first-order valence-electron chi connectivity index (χ1n) is 6.86. The fraction of sp³-hybridized carbons (Fsp3) is 0.294. The van der Waals surface area contributed by atoms with E-state index in [1.54, 1.807) is 0 Å². The molecule has 0 atom stereocenters. The number of rotatable bonds is 7. The van der Waals surface area contributed by atoms with Gasteiger partial charge in [-0.2, -0.15) is 0 Å². The number of nitrogens with one attached hydrogen (secondary N) is 1. The molecule has 0 aliphatic carbocycles. The zero-order valence-corrected chi connectivity index (χ0v) is 11.2. The van der Waals surface area contributed by atoms with E-state index in [0.29, 0.717) is 0 Å². The van der Waals surface area contributed by atoms with Crippen LogP contribution in [-0.2, 0) is 6.42 Å². The minimum Gasteiger partial charge on any atom is -0.396 e. The molecule has 0 unspecified atom stereocenters. The standard InChI is InChI=1S/C17H21NO/c19-14-4-12-18-13-11-15-7-9-17(10-8-15)16-5-2-1-3-6-16/h1-3,5-10,18-19H,4,11-14H2. The molecule has 0 spiro atoms. The second-order valence-electron chi connectivity index (χ2n) is 4.64. The molecule has 0 saturated carbocycles. The minimum absolute atomic E-state index is 0.263. The molecule has 19 heavy (non-hydrogen) atoms. The SMILES string of the molecule is OCCCNCCc1ccc(-c2ccccc2)cc1. The van der Waals surface area contributed by atoms with Gasteiger partial charge in [0.1, 0.15) is 0 Å². The van der Waals surface area contributed by atoms with Crippen LogP contribution in [0.4, 0.5) is 0 Å². The smallest absolute Gasteiger partial charge is 0.0443 e. The summed E-state index contributed by atoms with van der Waals surface area (Å²) >= 11 is 0. The van der Waals surface area contributed by atoms with Crippen LogP contribution in [0, 0.1) is 0 Å². The van der Waals surface area contributed by atoms with Gasteiger partial charge in [-0.1, -0.05) is 54.6 Å². The normalized spacial score (nSPS) is 10.6. The molecule has 0 fully saturated rings. The van der Waals surface area contributed by atoms with Gasteiger partial charge in [-0.25, -0.2) is 0 Å². The van der Waals surface area contributed by atoms with Crippen LogP contribution in [-0.4, -0.2) is 24.8 Å². The van der Waals surface area contributed by atoms with Crippen LogP contribution in [0.2, 0.25) is 0 Å². The van der Waals surface area contributed by atoms with Crippen molar-refractivity contribution in [2.75, 3.05) is 19.7 Å². The molecule has 0 aliphatic heterocycles. The number of aliphatic hydroxyl groups is 1. The number of hydrogen-bond acceptors (Lipinski definition) is 2. The summed E-state index contributed by atoms with van der Waals surface area (Å²) in [6.07, 6.45) is 1.85. The van der Waals surface area contributed by atoms with Gasteiger partial charge >= 0.3 is 0 Å². The van der Waals surface area contributed by atoms with Gasteiger partial charge in [-0.15, -0.1) is 0 Å². The van der Waals surface area contributed by atoms with E-state index in [2.05, 4.69) is 53.8 Å². The molecule has 2 heteroatoms. The zero-order valence-electron chi connectivity index (χ0n) is 11.2. The van der Waals surface area contributed by atoms with E-state index in [-0.39, 0.29) is 6.61 Å². The molecule has 0 saturated heterocycles. The van der Waals surface area contributed by atoms with Gasteiger partial charge < -0.3 is 10.4 Å². The first-order chi connectivity index (χ1) is 9.40. The molecule has 0 aromatic heterocycles. The molecular weight excluding hydrogens is 234 g/mol. The van der Waals surface area contributed by atoms with Crippen LogP contribution < -0.4 is 5.32 Å². The quantitative estimate of drug-likeness (QED) is 0.746. The van der Waals surface area contributed by atoms with Crippen LogP contribution >= 0.6 is 0 Å². The highest BCUT2D eigenvalue weighted by Gasteiger charge is 1.97. The summed E-state index contributed by atoms with van der Waals surface area (Å²) in [7, 11) is 0.